The van der Waals surface area contributed by atoms with Crippen molar-refractivity contribution in [2.75, 3.05) is 18.6 Å². The van der Waals surface area contributed by atoms with Gasteiger partial charge in [-0.05, 0) is 24.1 Å². The molecule has 0 aliphatic carbocycles. The van der Waals surface area contributed by atoms with E-state index in [0.717, 1.165) is 16.8 Å². The number of hydrogen-bond donors (Lipinski definition) is 0. The number of anilines is 1. The third-order valence-corrected chi connectivity index (χ3v) is 4.34. The number of ether oxygens (including phenoxy) is 1. The number of hydrogen-bond acceptors (Lipinski definition) is 3. The first-order valence-corrected chi connectivity index (χ1v) is 8.66. The Morgan fingerprint density at radius 2 is 1.54 bits per heavy atom. The van der Waals surface area contributed by atoms with Gasteiger partial charge in [0.05, 0.1) is 24.9 Å². The first-order valence-electron chi connectivity index (χ1n) is 8.66. The molecule has 3 aromatic rings. The summed E-state index contributed by atoms with van der Waals surface area (Å²) >= 11 is 0. The summed E-state index contributed by atoms with van der Waals surface area (Å²) < 4.78 is 5.11. The highest BCUT2D eigenvalue weighted by Gasteiger charge is 2.27. The number of benzene rings is 2. The zero-order valence-corrected chi connectivity index (χ0v) is 15.0. The van der Waals surface area contributed by atoms with E-state index in [1.807, 2.05) is 73.7 Å². The van der Waals surface area contributed by atoms with Crippen LogP contribution < -0.4 is 9.64 Å². The lowest BCUT2D eigenvalue weighted by Crippen LogP contribution is -2.35. The minimum atomic E-state index is -0.362. The monoisotopic (exact) mass is 346 g/mol. The van der Waals surface area contributed by atoms with E-state index < -0.39 is 0 Å². The Bertz CT molecular complexity index is 794. The second kappa shape index (κ2) is 8.30. The zero-order valence-electron chi connectivity index (χ0n) is 15.0. The van der Waals surface area contributed by atoms with Crippen LogP contribution in [0.15, 0.2) is 79.0 Å². The van der Waals surface area contributed by atoms with Gasteiger partial charge in [0.15, 0.2) is 0 Å². The van der Waals surface area contributed by atoms with Crippen molar-refractivity contribution >= 4 is 11.6 Å². The second-order valence-corrected chi connectivity index (χ2v) is 5.90. The fourth-order valence-electron chi connectivity index (χ4n) is 3.04. The molecular formula is C22H22N2O2. The number of likely N-dealkylation sites (N-methyl/N-ethyl adjacent to an activating group) is 1. The van der Waals surface area contributed by atoms with E-state index in [-0.39, 0.29) is 11.8 Å². The molecule has 2 aromatic carbocycles. The number of amides is 1. The normalized spacial score (nSPS) is 10.6. The number of rotatable bonds is 6. The van der Waals surface area contributed by atoms with Gasteiger partial charge < -0.3 is 9.64 Å². The summed E-state index contributed by atoms with van der Waals surface area (Å²) in [5, 5.41) is 0. The summed E-state index contributed by atoms with van der Waals surface area (Å²) in [6, 6.07) is 23.4. The molecule has 0 saturated carbocycles. The van der Waals surface area contributed by atoms with Crippen molar-refractivity contribution in [1.29, 1.82) is 0 Å². The zero-order chi connectivity index (χ0) is 18.4. The van der Waals surface area contributed by atoms with E-state index >= 15 is 0 Å². The molecule has 0 spiro atoms. The first-order chi connectivity index (χ1) is 12.7. The Kier molecular flexibility index (Phi) is 5.64. The van der Waals surface area contributed by atoms with E-state index in [9.17, 15) is 4.79 Å². The van der Waals surface area contributed by atoms with Crippen molar-refractivity contribution in [3.8, 4) is 5.88 Å². The van der Waals surface area contributed by atoms with Crippen LogP contribution in [0.2, 0.25) is 0 Å². The molecule has 0 aliphatic rings. The highest BCUT2D eigenvalue weighted by Crippen LogP contribution is 2.29. The highest BCUT2D eigenvalue weighted by molar-refractivity contribution is 6.00. The molecule has 0 N–H and O–H groups in total. The Labute approximate surface area is 154 Å². The van der Waals surface area contributed by atoms with Gasteiger partial charge in [0.2, 0.25) is 11.8 Å². The molecule has 0 atom stereocenters. The van der Waals surface area contributed by atoms with Crippen LogP contribution in [0.25, 0.3) is 0 Å². The Morgan fingerprint density at radius 3 is 1.96 bits per heavy atom. The van der Waals surface area contributed by atoms with Gasteiger partial charge in [0.25, 0.3) is 0 Å². The van der Waals surface area contributed by atoms with Crippen LogP contribution in [0, 0.1) is 0 Å². The molecule has 0 aliphatic heterocycles. The molecule has 3 rings (SSSR count). The van der Waals surface area contributed by atoms with Gasteiger partial charge >= 0.3 is 0 Å². The van der Waals surface area contributed by atoms with E-state index in [4.69, 9.17) is 4.74 Å². The molecule has 1 amide bonds. The van der Waals surface area contributed by atoms with Crippen molar-refractivity contribution in [2.45, 2.75) is 12.8 Å². The number of pyridine rings is 1. The number of nitrogens with zero attached hydrogens (tertiary/aromatic N) is 2. The van der Waals surface area contributed by atoms with E-state index in [2.05, 4.69) is 4.98 Å². The predicted molar refractivity (Wildman–Crippen MR) is 104 cm³/mol. The lowest BCUT2D eigenvalue weighted by atomic mass is 9.90. The molecule has 0 saturated heterocycles. The summed E-state index contributed by atoms with van der Waals surface area (Å²) in [6.07, 6.45) is 1.67. The van der Waals surface area contributed by atoms with Gasteiger partial charge in [-0.25, -0.2) is 4.98 Å². The number of methoxy groups -OCH3 is 1. The Hall–Kier alpha value is -3.14. The minimum Gasteiger partial charge on any atom is -0.481 e. The number of aromatic nitrogens is 1. The average molecular weight is 346 g/mol. The largest absolute Gasteiger partial charge is 0.481 e. The average Bonchev–Trinajstić information content (AvgIpc) is 2.71. The predicted octanol–water partition coefficient (Wildman–Crippen LogP) is 4.28. The van der Waals surface area contributed by atoms with Crippen LogP contribution in [0.3, 0.4) is 0 Å². The number of carbonyl (C=O) groups excluding carboxylic acids is 1. The van der Waals surface area contributed by atoms with Crippen molar-refractivity contribution in [3.63, 3.8) is 0 Å². The van der Waals surface area contributed by atoms with Crippen molar-refractivity contribution < 1.29 is 9.53 Å². The van der Waals surface area contributed by atoms with Crippen molar-refractivity contribution in [3.05, 3.63) is 90.1 Å². The topological polar surface area (TPSA) is 42.4 Å². The van der Waals surface area contributed by atoms with E-state index in [0.29, 0.717) is 12.4 Å². The van der Waals surface area contributed by atoms with Crippen LogP contribution in [0.4, 0.5) is 5.69 Å². The summed E-state index contributed by atoms with van der Waals surface area (Å²) in [4.78, 5) is 19.5. The third-order valence-electron chi connectivity index (χ3n) is 4.34. The fourth-order valence-corrected chi connectivity index (χ4v) is 3.04. The van der Waals surface area contributed by atoms with Gasteiger partial charge in [-0.1, -0.05) is 60.7 Å². The maximum absolute atomic E-state index is 13.5. The van der Waals surface area contributed by atoms with Crippen LogP contribution in [-0.4, -0.2) is 24.5 Å². The standard InChI is InChI=1S/C22H22N2O2/c1-3-24(19-14-15-20(26-2)23-16-19)22(25)21(17-10-6-4-7-11-17)18-12-8-5-9-13-18/h4-16,21H,3H2,1-2H3. The summed E-state index contributed by atoms with van der Waals surface area (Å²) in [5.41, 5.74) is 2.71. The van der Waals surface area contributed by atoms with Gasteiger partial charge in [-0.15, -0.1) is 0 Å². The molecule has 0 radical (unpaired) electrons. The van der Waals surface area contributed by atoms with Gasteiger partial charge in [0.1, 0.15) is 0 Å². The Morgan fingerprint density at radius 1 is 0.962 bits per heavy atom. The van der Waals surface area contributed by atoms with Gasteiger partial charge in [-0.3, -0.25) is 4.79 Å². The molecule has 4 nitrogen and oxygen atoms in total. The second-order valence-electron chi connectivity index (χ2n) is 5.90. The van der Waals surface area contributed by atoms with Crippen molar-refractivity contribution in [2.24, 2.45) is 0 Å². The molecule has 0 unspecified atom stereocenters. The molecule has 1 aromatic heterocycles. The summed E-state index contributed by atoms with van der Waals surface area (Å²) in [7, 11) is 1.57. The molecule has 0 bridgehead atoms. The smallest absolute Gasteiger partial charge is 0.239 e. The highest BCUT2D eigenvalue weighted by atomic mass is 16.5. The lowest BCUT2D eigenvalue weighted by molar-refractivity contribution is -0.119. The van der Waals surface area contributed by atoms with Crippen LogP contribution in [-0.2, 0) is 4.79 Å². The van der Waals surface area contributed by atoms with Gasteiger partial charge in [0, 0.05) is 12.6 Å². The quantitative estimate of drug-likeness (QED) is 0.669. The van der Waals surface area contributed by atoms with Crippen LogP contribution >= 0.6 is 0 Å². The maximum atomic E-state index is 13.5. The number of carbonyl (C=O) groups is 1. The first kappa shape index (κ1) is 17.7. The maximum Gasteiger partial charge on any atom is 0.239 e. The third kappa shape index (κ3) is 3.75. The van der Waals surface area contributed by atoms with E-state index in [1.165, 1.54) is 0 Å². The summed E-state index contributed by atoms with van der Waals surface area (Å²) in [6.45, 7) is 2.53. The van der Waals surface area contributed by atoms with Gasteiger partial charge in [-0.2, -0.15) is 0 Å². The summed E-state index contributed by atoms with van der Waals surface area (Å²) in [5.74, 6) is 0.191. The lowest BCUT2D eigenvalue weighted by Gasteiger charge is -2.27. The molecule has 4 heteroatoms. The van der Waals surface area contributed by atoms with Crippen LogP contribution in [0.5, 0.6) is 5.88 Å². The van der Waals surface area contributed by atoms with Crippen molar-refractivity contribution in [1.82, 2.24) is 4.98 Å². The molecule has 26 heavy (non-hydrogen) atoms. The molecule has 132 valence electrons. The van der Waals surface area contributed by atoms with E-state index in [1.54, 1.807) is 24.3 Å². The Balaban J connectivity index is 2.00. The minimum absolute atomic E-state index is 0.0249. The molecular weight excluding hydrogens is 324 g/mol. The van der Waals surface area contributed by atoms with Crippen LogP contribution in [0.1, 0.15) is 24.0 Å². The molecule has 0 fully saturated rings. The molecule has 1 heterocycles. The fraction of sp³-hybridized carbons (Fsp3) is 0.182. The SMILES string of the molecule is CCN(C(=O)C(c1ccccc1)c1ccccc1)c1ccc(OC)nc1.